The number of anilines is 1. The van der Waals surface area contributed by atoms with Gasteiger partial charge in [-0.3, -0.25) is 15.0 Å². The number of hydrogen-bond donors (Lipinski definition) is 1. The summed E-state index contributed by atoms with van der Waals surface area (Å²) in [5.74, 6) is -0.109. The van der Waals surface area contributed by atoms with Crippen molar-refractivity contribution in [3.63, 3.8) is 0 Å². The summed E-state index contributed by atoms with van der Waals surface area (Å²) in [6.07, 6.45) is -5.27. The molecule has 1 unspecified atom stereocenters. The molecule has 1 aliphatic heterocycles. The third-order valence-electron chi connectivity index (χ3n) is 5.49. The van der Waals surface area contributed by atoms with Gasteiger partial charge in [0.25, 0.3) is 5.91 Å². The molecule has 196 valence electrons. The number of aromatic nitrogens is 5. The van der Waals surface area contributed by atoms with Gasteiger partial charge in [-0.15, -0.1) is 0 Å². The number of pyridine rings is 1. The molecule has 0 bridgehead atoms. The molecular weight excluding hydrogens is 499 g/mol. The average molecular weight is 521 g/mol. The summed E-state index contributed by atoms with van der Waals surface area (Å²) < 4.78 is 56.9. The number of amides is 2. The van der Waals surface area contributed by atoms with Crippen LogP contribution in [0.4, 0.5) is 23.9 Å². The van der Waals surface area contributed by atoms with Crippen molar-refractivity contribution >= 4 is 17.9 Å². The lowest BCUT2D eigenvalue weighted by atomic mass is 10.1. The lowest BCUT2D eigenvalue weighted by molar-refractivity contribution is -0.141. The molecule has 3 aromatic rings. The Morgan fingerprint density at radius 1 is 1.22 bits per heavy atom. The van der Waals surface area contributed by atoms with Crippen molar-refractivity contribution < 1.29 is 37.0 Å². The van der Waals surface area contributed by atoms with E-state index < -0.39 is 36.5 Å². The maximum absolute atomic E-state index is 13.3. The lowest BCUT2D eigenvalue weighted by Crippen LogP contribution is -2.36. The highest BCUT2D eigenvalue weighted by molar-refractivity contribution is 6.04. The van der Waals surface area contributed by atoms with Gasteiger partial charge >= 0.3 is 12.3 Å². The first kappa shape index (κ1) is 25.8. The molecule has 15 heteroatoms. The Morgan fingerprint density at radius 3 is 2.62 bits per heavy atom. The second-order valence-corrected chi connectivity index (χ2v) is 7.99. The number of cyclic esters (lactones) is 1. The van der Waals surface area contributed by atoms with Crippen molar-refractivity contribution in [2.24, 2.45) is 7.05 Å². The SMILES string of the molecule is COc1ccc(CN2C(=O)OCC2COCc2nc(C(F)(F)F)ccc2C(=O)Nc2nnnn2C)cc1. The van der Waals surface area contributed by atoms with Crippen LogP contribution in [0.2, 0.25) is 0 Å². The molecule has 1 aliphatic rings. The zero-order valence-electron chi connectivity index (χ0n) is 19.7. The number of hydrogen-bond acceptors (Lipinski definition) is 9. The van der Waals surface area contributed by atoms with Crippen LogP contribution in [0.3, 0.4) is 0 Å². The Morgan fingerprint density at radius 2 is 1.97 bits per heavy atom. The van der Waals surface area contributed by atoms with Crippen LogP contribution in [0.5, 0.6) is 5.75 Å². The Kier molecular flexibility index (Phi) is 7.52. The number of alkyl halides is 3. The normalized spacial score (nSPS) is 15.5. The van der Waals surface area contributed by atoms with E-state index >= 15 is 0 Å². The summed E-state index contributed by atoms with van der Waals surface area (Å²) in [5, 5.41) is 13.0. The fourth-order valence-electron chi connectivity index (χ4n) is 3.52. The highest BCUT2D eigenvalue weighted by atomic mass is 19.4. The van der Waals surface area contributed by atoms with E-state index in [1.165, 1.54) is 16.6 Å². The molecule has 1 aromatic carbocycles. The first-order valence-corrected chi connectivity index (χ1v) is 10.9. The fourth-order valence-corrected chi connectivity index (χ4v) is 3.52. The number of methoxy groups -OCH3 is 1. The monoisotopic (exact) mass is 521 g/mol. The smallest absolute Gasteiger partial charge is 0.433 e. The second-order valence-electron chi connectivity index (χ2n) is 7.99. The van der Waals surface area contributed by atoms with Crippen molar-refractivity contribution in [2.75, 3.05) is 25.6 Å². The number of rotatable bonds is 9. The molecule has 1 saturated heterocycles. The molecule has 1 atom stereocenters. The molecule has 1 fully saturated rings. The second kappa shape index (κ2) is 10.8. The van der Waals surface area contributed by atoms with Crippen LogP contribution in [-0.4, -0.2) is 68.5 Å². The summed E-state index contributed by atoms with van der Waals surface area (Å²) in [6, 6.07) is 8.32. The van der Waals surface area contributed by atoms with Gasteiger partial charge in [-0.2, -0.15) is 13.2 Å². The van der Waals surface area contributed by atoms with Gasteiger partial charge in [0.15, 0.2) is 0 Å². The Labute approximate surface area is 208 Å². The van der Waals surface area contributed by atoms with Crippen LogP contribution in [0.1, 0.15) is 27.3 Å². The number of tetrazole rings is 1. The molecule has 12 nitrogen and oxygen atoms in total. The number of ether oxygens (including phenoxy) is 3. The predicted molar refractivity (Wildman–Crippen MR) is 119 cm³/mol. The summed E-state index contributed by atoms with van der Waals surface area (Å²) >= 11 is 0. The predicted octanol–water partition coefficient (Wildman–Crippen LogP) is 2.42. The Balaban J connectivity index is 1.46. The van der Waals surface area contributed by atoms with Gasteiger partial charge in [-0.1, -0.05) is 17.2 Å². The van der Waals surface area contributed by atoms with Crippen LogP contribution in [0, 0.1) is 0 Å². The van der Waals surface area contributed by atoms with Crippen molar-refractivity contribution in [1.29, 1.82) is 0 Å². The van der Waals surface area contributed by atoms with E-state index in [0.717, 1.165) is 11.6 Å². The number of halogens is 3. The highest BCUT2D eigenvalue weighted by Crippen LogP contribution is 2.29. The van der Waals surface area contributed by atoms with Crippen LogP contribution in [0.15, 0.2) is 36.4 Å². The quantitative estimate of drug-likeness (QED) is 0.451. The fraction of sp³-hybridized carbons (Fsp3) is 0.364. The first-order valence-electron chi connectivity index (χ1n) is 10.9. The molecule has 37 heavy (non-hydrogen) atoms. The lowest BCUT2D eigenvalue weighted by Gasteiger charge is -2.21. The number of nitrogens with one attached hydrogen (secondary N) is 1. The number of carbonyl (C=O) groups excluding carboxylic acids is 2. The largest absolute Gasteiger partial charge is 0.497 e. The standard InChI is InChI=1S/C22H22F3N7O5/c1-31-20(28-29-30-31)27-19(33)16-7-8-18(22(23,24)25)26-17(16)12-36-10-14-11-37-21(34)32(14)9-13-3-5-15(35-2)6-4-13/h3-8,14H,9-12H2,1-2H3,(H,27,28,30,33). The van der Waals surface area contributed by atoms with E-state index in [1.54, 1.807) is 31.4 Å². The number of benzene rings is 1. The molecule has 0 radical (unpaired) electrons. The van der Waals surface area contributed by atoms with E-state index in [-0.39, 0.29) is 37.0 Å². The third-order valence-corrected chi connectivity index (χ3v) is 5.49. The van der Waals surface area contributed by atoms with Crippen LogP contribution < -0.4 is 10.1 Å². The summed E-state index contributed by atoms with van der Waals surface area (Å²) in [4.78, 5) is 30.0. The minimum absolute atomic E-state index is 0.00689. The van der Waals surface area contributed by atoms with Gasteiger partial charge in [0.2, 0.25) is 5.95 Å². The van der Waals surface area contributed by atoms with Gasteiger partial charge < -0.3 is 14.2 Å². The summed E-state index contributed by atoms with van der Waals surface area (Å²) in [7, 11) is 3.02. The van der Waals surface area contributed by atoms with Gasteiger partial charge in [-0.05, 0) is 40.3 Å². The van der Waals surface area contributed by atoms with Crippen molar-refractivity contribution in [3.05, 3.63) is 58.9 Å². The van der Waals surface area contributed by atoms with E-state index in [9.17, 15) is 22.8 Å². The van der Waals surface area contributed by atoms with Crippen LogP contribution in [0.25, 0.3) is 0 Å². The molecule has 2 amide bonds. The van der Waals surface area contributed by atoms with E-state index in [1.807, 2.05) is 0 Å². The molecule has 2 aromatic heterocycles. The maximum atomic E-state index is 13.3. The maximum Gasteiger partial charge on any atom is 0.433 e. The highest BCUT2D eigenvalue weighted by Gasteiger charge is 2.35. The number of aryl methyl sites for hydroxylation is 1. The topological polar surface area (TPSA) is 134 Å². The van der Waals surface area contributed by atoms with E-state index in [2.05, 4.69) is 25.8 Å². The molecule has 1 N–H and O–H groups in total. The first-order chi connectivity index (χ1) is 17.7. The molecule has 0 spiro atoms. The van der Waals surface area contributed by atoms with Gasteiger partial charge in [0, 0.05) is 13.6 Å². The minimum atomic E-state index is -4.72. The number of carbonyl (C=O) groups is 2. The van der Waals surface area contributed by atoms with Crippen molar-refractivity contribution in [2.45, 2.75) is 25.4 Å². The van der Waals surface area contributed by atoms with Gasteiger partial charge in [-0.25, -0.2) is 14.5 Å². The summed E-state index contributed by atoms with van der Waals surface area (Å²) in [6.45, 7) is -0.214. The zero-order chi connectivity index (χ0) is 26.6. The molecular formula is C22H22F3N7O5. The Hall–Kier alpha value is -4.27. The van der Waals surface area contributed by atoms with Crippen molar-refractivity contribution in [1.82, 2.24) is 30.1 Å². The van der Waals surface area contributed by atoms with Gasteiger partial charge in [0.1, 0.15) is 18.1 Å². The van der Waals surface area contributed by atoms with E-state index in [4.69, 9.17) is 14.2 Å². The molecule has 3 heterocycles. The Bertz CT molecular complexity index is 1270. The van der Waals surface area contributed by atoms with Crippen molar-refractivity contribution in [3.8, 4) is 5.75 Å². The molecule has 0 saturated carbocycles. The van der Waals surface area contributed by atoms with Crippen LogP contribution in [-0.2, 0) is 35.8 Å². The zero-order valence-corrected chi connectivity index (χ0v) is 19.7. The minimum Gasteiger partial charge on any atom is -0.497 e. The molecule has 4 rings (SSSR count). The van der Waals surface area contributed by atoms with E-state index in [0.29, 0.717) is 11.8 Å². The van der Waals surface area contributed by atoms with Gasteiger partial charge in [0.05, 0.1) is 37.6 Å². The summed E-state index contributed by atoms with van der Waals surface area (Å²) in [5.41, 5.74) is -0.746. The number of nitrogens with zero attached hydrogens (tertiary/aromatic N) is 6. The average Bonchev–Trinajstić information content (AvgIpc) is 3.43. The third kappa shape index (κ3) is 6.11. The molecule has 0 aliphatic carbocycles. The van der Waals surface area contributed by atoms with Crippen LogP contribution >= 0.6 is 0 Å².